The van der Waals surface area contributed by atoms with E-state index in [-0.39, 0.29) is 18.0 Å². The number of piperidine rings is 1. The smallest absolute Gasteiger partial charge is 0.310 e. The van der Waals surface area contributed by atoms with Gasteiger partial charge >= 0.3 is 5.97 Å². The molecule has 0 radical (unpaired) electrons. The molecule has 3 aliphatic heterocycles. The Morgan fingerprint density at radius 2 is 2.11 bits per heavy atom. The van der Waals surface area contributed by atoms with Crippen LogP contribution in [-0.4, -0.2) is 29.6 Å². The van der Waals surface area contributed by atoms with E-state index in [0.29, 0.717) is 12.1 Å². The zero-order valence-electron chi connectivity index (χ0n) is 11.2. The summed E-state index contributed by atoms with van der Waals surface area (Å²) in [6.07, 6.45) is 3.20. The van der Waals surface area contributed by atoms with Crippen molar-refractivity contribution in [2.75, 3.05) is 6.54 Å². The zero-order chi connectivity index (χ0) is 13.0. The summed E-state index contributed by atoms with van der Waals surface area (Å²) in [6.45, 7) is 3.11. The van der Waals surface area contributed by atoms with Gasteiger partial charge in [-0.2, -0.15) is 0 Å². The van der Waals surface area contributed by atoms with E-state index in [2.05, 4.69) is 29.2 Å². The number of esters is 1. The molecule has 3 heterocycles. The molecule has 1 aromatic rings. The summed E-state index contributed by atoms with van der Waals surface area (Å²) < 4.78 is 5.46. The largest absolute Gasteiger partial charge is 0.461 e. The van der Waals surface area contributed by atoms with E-state index in [9.17, 15) is 4.79 Å². The number of carbonyl (C=O) groups is 1. The van der Waals surface area contributed by atoms with Crippen molar-refractivity contribution in [1.29, 1.82) is 0 Å². The lowest BCUT2D eigenvalue weighted by Gasteiger charge is -2.46. The Labute approximate surface area is 113 Å². The first-order valence-electron chi connectivity index (χ1n) is 7.30. The molecule has 19 heavy (non-hydrogen) atoms. The Morgan fingerprint density at radius 1 is 1.26 bits per heavy atom. The molecule has 3 nitrogen and oxygen atoms in total. The maximum absolute atomic E-state index is 11.9. The predicted molar refractivity (Wildman–Crippen MR) is 71.7 cm³/mol. The number of hydrogen-bond acceptors (Lipinski definition) is 3. The van der Waals surface area contributed by atoms with Gasteiger partial charge in [-0.3, -0.25) is 9.69 Å². The van der Waals surface area contributed by atoms with Crippen molar-refractivity contribution in [2.24, 2.45) is 5.92 Å². The van der Waals surface area contributed by atoms with Crippen molar-refractivity contribution < 1.29 is 9.53 Å². The quantitative estimate of drug-likeness (QED) is 0.668. The van der Waals surface area contributed by atoms with Crippen LogP contribution in [0.4, 0.5) is 0 Å². The van der Waals surface area contributed by atoms with Crippen molar-refractivity contribution in [3.8, 4) is 0 Å². The van der Waals surface area contributed by atoms with Crippen LogP contribution in [0.5, 0.6) is 0 Å². The van der Waals surface area contributed by atoms with Crippen molar-refractivity contribution in [3.63, 3.8) is 0 Å². The van der Waals surface area contributed by atoms with Gasteiger partial charge in [0.05, 0.1) is 12.0 Å². The minimum Gasteiger partial charge on any atom is -0.461 e. The third-order valence-electron chi connectivity index (χ3n) is 5.09. The van der Waals surface area contributed by atoms with Gasteiger partial charge in [0.25, 0.3) is 0 Å². The highest BCUT2D eigenvalue weighted by Crippen LogP contribution is 2.45. The Bertz CT molecular complexity index is 527. The first-order valence-corrected chi connectivity index (χ1v) is 7.30. The van der Waals surface area contributed by atoms with Crippen LogP contribution in [0.2, 0.25) is 0 Å². The second kappa shape index (κ2) is 4.07. The van der Waals surface area contributed by atoms with Crippen molar-refractivity contribution >= 4 is 5.97 Å². The van der Waals surface area contributed by atoms with Gasteiger partial charge in [0.2, 0.25) is 0 Å². The van der Waals surface area contributed by atoms with Gasteiger partial charge in [0.15, 0.2) is 0 Å². The predicted octanol–water partition coefficient (Wildman–Crippen LogP) is 2.31. The van der Waals surface area contributed by atoms with Gasteiger partial charge in [-0.25, -0.2) is 0 Å². The maximum Gasteiger partial charge on any atom is 0.310 e. The summed E-state index contributed by atoms with van der Waals surface area (Å²) in [5, 5.41) is 0. The van der Waals surface area contributed by atoms with E-state index in [1.807, 2.05) is 6.92 Å². The van der Waals surface area contributed by atoms with Gasteiger partial charge in [-0.1, -0.05) is 24.3 Å². The Morgan fingerprint density at radius 3 is 3.00 bits per heavy atom. The highest BCUT2D eigenvalue weighted by Gasteiger charge is 2.51. The van der Waals surface area contributed by atoms with Crippen LogP contribution in [0, 0.1) is 5.92 Å². The molecule has 4 atom stereocenters. The second-order valence-electron chi connectivity index (χ2n) is 6.02. The van der Waals surface area contributed by atoms with Crippen LogP contribution in [0.1, 0.15) is 36.9 Å². The molecule has 0 aromatic heterocycles. The monoisotopic (exact) mass is 257 g/mol. The molecule has 0 N–H and O–H groups in total. The number of cyclic esters (lactones) is 1. The summed E-state index contributed by atoms with van der Waals surface area (Å²) in [5.41, 5.74) is 2.96. The Kier molecular flexibility index (Phi) is 2.46. The molecule has 0 amide bonds. The molecule has 1 aromatic carbocycles. The van der Waals surface area contributed by atoms with Gasteiger partial charge in [-0.05, 0) is 37.3 Å². The molecule has 0 saturated carbocycles. The summed E-state index contributed by atoms with van der Waals surface area (Å²) in [4.78, 5) is 14.4. The van der Waals surface area contributed by atoms with Crippen LogP contribution in [0.25, 0.3) is 0 Å². The molecule has 2 fully saturated rings. The van der Waals surface area contributed by atoms with E-state index < -0.39 is 0 Å². The van der Waals surface area contributed by atoms with Gasteiger partial charge in [-0.15, -0.1) is 0 Å². The average Bonchev–Trinajstić information content (AvgIpc) is 2.74. The third kappa shape index (κ3) is 1.57. The Balaban J connectivity index is 1.72. The number of ether oxygens (including phenoxy) is 1. The molecular weight excluding hydrogens is 238 g/mol. The Hall–Kier alpha value is -1.35. The number of fused-ring (bicyclic) bond motifs is 5. The fourth-order valence-electron chi connectivity index (χ4n) is 4.28. The standard InChI is InChI=1S/C16H19NO2/c1-10-15-13(16(18)19-10)6-7-14-12-5-3-2-4-11(12)8-9-17(14)15/h2-5,10,13-15H,6-9H2,1H3/t10-,13-,14+,15+/m1/s1. The highest BCUT2D eigenvalue weighted by molar-refractivity contribution is 5.76. The first kappa shape index (κ1) is 11.5. The number of hydrogen-bond donors (Lipinski definition) is 0. The van der Waals surface area contributed by atoms with Crippen molar-refractivity contribution in [3.05, 3.63) is 35.4 Å². The lowest BCUT2D eigenvalue weighted by Crippen LogP contribution is -2.52. The fraction of sp³-hybridized carbons (Fsp3) is 0.562. The van der Waals surface area contributed by atoms with E-state index in [0.717, 1.165) is 25.8 Å². The maximum atomic E-state index is 11.9. The van der Waals surface area contributed by atoms with E-state index in [1.165, 1.54) is 11.1 Å². The van der Waals surface area contributed by atoms with Gasteiger partial charge in [0.1, 0.15) is 6.10 Å². The molecule has 0 aliphatic carbocycles. The van der Waals surface area contributed by atoms with E-state index in [1.54, 1.807) is 0 Å². The second-order valence-corrected chi connectivity index (χ2v) is 6.02. The minimum atomic E-state index is 0.0230. The molecule has 3 heteroatoms. The molecule has 4 rings (SSSR count). The average molecular weight is 257 g/mol. The summed E-state index contributed by atoms with van der Waals surface area (Å²) in [6, 6.07) is 9.55. The molecular formula is C16H19NO2. The molecule has 0 bridgehead atoms. The topological polar surface area (TPSA) is 29.5 Å². The van der Waals surface area contributed by atoms with Crippen LogP contribution >= 0.6 is 0 Å². The summed E-state index contributed by atoms with van der Waals surface area (Å²) in [5.74, 6) is 0.131. The van der Waals surface area contributed by atoms with Crippen LogP contribution in [-0.2, 0) is 16.0 Å². The molecule has 0 unspecified atom stereocenters. The highest BCUT2D eigenvalue weighted by atomic mass is 16.6. The van der Waals surface area contributed by atoms with E-state index in [4.69, 9.17) is 4.74 Å². The van der Waals surface area contributed by atoms with Crippen molar-refractivity contribution in [2.45, 2.75) is 44.4 Å². The summed E-state index contributed by atoms with van der Waals surface area (Å²) in [7, 11) is 0. The third-order valence-corrected chi connectivity index (χ3v) is 5.09. The van der Waals surface area contributed by atoms with Crippen LogP contribution in [0.3, 0.4) is 0 Å². The molecule has 3 aliphatic rings. The zero-order valence-corrected chi connectivity index (χ0v) is 11.2. The lowest BCUT2D eigenvalue weighted by molar-refractivity contribution is -0.144. The number of carbonyl (C=O) groups excluding carboxylic acids is 1. The van der Waals surface area contributed by atoms with E-state index >= 15 is 0 Å². The molecule has 2 saturated heterocycles. The minimum absolute atomic E-state index is 0.0230. The normalized spacial score (nSPS) is 37.2. The number of rotatable bonds is 0. The SMILES string of the molecule is C[C@H]1OC(=O)[C@@H]2CC[C@H]3c4ccccc4CCN3[C@@H]12. The van der Waals surface area contributed by atoms with Gasteiger partial charge < -0.3 is 4.74 Å². The van der Waals surface area contributed by atoms with Crippen LogP contribution < -0.4 is 0 Å². The van der Waals surface area contributed by atoms with Gasteiger partial charge in [0, 0.05) is 12.6 Å². The summed E-state index contributed by atoms with van der Waals surface area (Å²) >= 11 is 0. The molecule has 100 valence electrons. The van der Waals surface area contributed by atoms with Crippen molar-refractivity contribution in [1.82, 2.24) is 4.90 Å². The number of benzene rings is 1. The number of nitrogens with zero attached hydrogens (tertiary/aromatic N) is 1. The first-order chi connectivity index (χ1) is 9.25. The lowest BCUT2D eigenvalue weighted by atomic mass is 9.79. The fourth-order valence-corrected chi connectivity index (χ4v) is 4.28. The molecule has 0 spiro atoms. The van der Waals surface area contributed by atoms with Crippen LogP contribution in [0.15, 0.2) is 24.3 Å².